The summed E-state index contributed by atoms with van der Waals surface area (Å²) in [6.07, 6.45) is 2.80. The Balaban J connectivity index is 1.61. The van der Waals surface area contributed by atoms with E-state index in [1.807, 2.05) is 6.07 Å². The standard InChI is InChI=1S/C17H15Cl3N6O3/c1-10-15(26(28)29)7-21-25(10)5-4-16(27)22-17-14(20)9-24(23-17)8-11-2-3-12(18)13(19)6-11/h2-3,6-7,9H,4-5,8H2,1H3,(H,22,23,27). The molecule has 0 unspecified atom stereocenters. The Kier molecular flexibility index (Phi) is 6.41. The van der Waals surface area contributed by atoms with E-state index in [0.29, 0.717) is 22.3 Å². The Morgan fingerprint density at radius 2 is 2.00 bits per heavy atom. The fourth-order valence-corrected chi connectivity index (χ4v) is 3.15. The van der Waals surface area contributed by atoms with E-state index in [4.69, 9.17) is 34.8 Å². The van der Waals surface area contributed by atoms with Gasteiger partial charge in [-0.3, -0.25) is 24.3 Å². The van der Waals surface area contributed by atoms with Crippen molar-refractivity contribution in [2.24, 2.45) is 0 Å². The highest BCUT2D eigenvalue weighted by Gasteiger charge is 2.17. The molecule has 152 valence electrons. The molecule has 0 fully saturated rings. The molecule has 2 heterocycles. The topological polar surface area (TPSA) is 108 Å². The minimum Gasteiger partial charge on any atom is -0.308 e. The van der Waals surface area contributed by atoms with E-state index in [0.717, 1.165) is 11.8 Å². The lowest BCUT2D eigenvalue weighted by molar-refractivity contribution is -0.385. The van der Waals surface area contributed by atoms with Gasteiger partial charge in [0.15, 0.2) is 5.82 Å². The highest BCUT2D eigenvalue weighted by Crippen LogP contribution is 2.24. The lowest BCUT2D eigenvalue weighted by Crippen LogP contribution is -2.16. The molecule has 1 N–H and O–H groups in total. The van der Waals surface area contributed by atoms with E-state index in [-0.39, 0.29) is 35.4 Å². The summed E-state index contributed by atoms with van der Waals surface area (Å²) < 4.78 is 2.97. The lowest BCUT2D eigenvalue weighted by Gasteiger charge is -2.05. The first kappa shape index (κ1) is 21.1. The molecule has 1 aromatic carbocycles. The van der Waals surface area contributed by atoms with Gasteiger partial charge in [-0.2, -0.15) is 10.2 Å². The lowest BCUT2D eigenvalue weighted by atomic mass is 10.2. The number of rotatable bonds is 7. The van der Waals surface area contributed by atoms with Crippen molar-refractivity contribution in [1.82, 2.24) is 19.6 Å². The van der Waals surface area contributed by atoms with Gasteiger partial charge in [0.25, 0.3) is 0 Å². The van der Waals surface area contributed by atoms with Gasteiger partial charge in [-0.05, 0) is 24.6 Å². The number of carbonyl (C=O) groups is 1. The molecular weight excluding hydrogens is 443 g/mol. The monoisotopic (exact) mass is 456 g/mol. The van der Waals surface area contributed by atoms with Crippen molar-refractivity contribution in [2.75, 3.05) is 5.32 Å². The Morgan fingerprint density at radius 3 is 2.66 bits per heavy atom. The third kappa shape index (κ3) is 5.06. The zero-order chi connectivity index (χ0) is 21.1. The fraction of sp³-hybridized carbons (Fsp3) is 0.235. The van der Waals surface area contributed by atoms with Crippen LogP contribution in [-0.4, -0.2) is 30.4 Å². The number of carbonyl (C=O) groups excluding carboxylic acids is 1. The van der Waals surface area contributed by atoms with Crippen LogP contribution in [0.15, 0.2) is 30.6 Å². The molecule has 0 aliphatic carbocycles. The number of nitrogens with one attached hydrogen (secondary N) is 1. The third-order valence-corrected chi connectivity index (χ3v) is 5.14. The number of aromatic nitrogens is 4. The maximum absolute atomic E-state index is 12.2. The second kappa shape index (κ2) is 8.81. The Labute approximate surface area is 180 Å². The second-order valence-corrected chi connectivity index (χ2v) is 7.39. The SMILES string of the molecule is Cc1c([N+](=O)[O-])cnn1CCC(=O)Nc1nn(Cc2ccc(Cl)c(Cl)c2)cc1Cl. The van der Waals surface area contributed by atoms with Gasteiger partial charge in [0, 0.05) is 12.6 Å². The van der Waals surface area contributed by atoms with Crippen molar-refractivity contribution < 1.29 is 9.72 Å². The van der Waals surface area contributed by atoms with Crippen LogP contribution in [0.2, 0.25) is 15.1 Å². The zero-order valence-electron chi connectivity index (χ0n) is 15.1. The van der Waals surface area contributed by atoms with E-state index in [1.54, 1.807) is 29.9 Å². The summed E-state index contributed by atoms with van der Waals surface area (Å²) in [7, 11) is 0. The smallest absolute Gasteiger partial charge is 0.308 e. The molecule has 29 heavy (non-hydrogen) atoms. The average molecular weight is 458 g/mol. The summed E-state index contributed by atoms with van der Waals surface area (Å²) in [5, 5.41) is 22.8. The molecule has 0 saturated heterocycles. The summed E-state index contributed by atoms with van der Waals surface area (Å²) >= 11 is 18.1. The molecule has 0 bridgehead atoms. The number of benzene rings is 1. The number of aryl methyl sites for hydroxylation is 1. The average Bonchev–Trinajstić information content (AvgIpc) is 3.19. The number of hydrogen-bond acceptors (Lipinski definition) is 5. The van der Waals surface area contributed by atoms with Crippen LogP contribution in [0.5, 0.6) is 0 Å². The molecule has 0 spiro atoms. The van der Waals surface area contributed by atoms with Crippen LogP contribution in [0.1, 0.15) is 17.7 Å². The van der Waals surface area contributed by atoms with Gasteiger partial charge < -0.3 is 5.32 Å². The van der Waals surface area contributed by atoms with Crippen LogP contribution in [0, 0.1) is 17.0 Å². The predicted molar refractivity (Wildman–Crippen MR) is 110 cm³/mol. The van der Waals surface area contributed by atoms with Gasteiger partial charge in [-0.1, -0.05) is 40.9 Å². The molecule has 0 atom stereocenters. The van der Waals surface area contributed by atoms with Gasteiger partial charge in [-0.15, -0.1) is 0 Å². The second-order valence-electron chi connectivity index (χ2n) is 6.17. The first-order valence-electron chi connectivity index (χ1n) is 8.38. The maximum atomic E-state index is 12.2. The Hall–Kier alpha value is -2.62. The van der Waals surface area contributed by atoms with Crippen LogP contribution in [0.25, 0.3) is 0 Å². The molecule has 3 rings (SSSR count). The molecule has 0 aliphatic rings. The number of nitrogens with zero attached hydrogens (tertiary/aromatic N) is 5. The van der Waals surface area contributed by atoms with Crippen molar-refractivity contribution in [1.29, 1.82) is 0 Å². The Bertz CT molecular complexity index is 1080. The highest BCUT2D eigenvalue weighted by molar-refractivity contribution is 6.42. The normalized spacial score (nSPS) is 10.9. The quantitative estimate of drug-likeness (QED) is 0.419. The number of halogens is 3. The summed E-state index contributed by atoms with van der Waals surface area (Å²) in [4.78, 5) is 22.6. The number of nitro groups is 1. The van der Waals surface area contributed by atoms with Crippen molar-refractivity contribution >= 4 is 52.2 Å². The minimum absolute atomic E-state index is 0.0512. The summed E-state index contributed by atoms with van der Waals surface area (Å²) in [5.74, 6) is -0.121. The molecule has 12 heteroatoms. The first-order valence-corrected chi connectivity index (χ1v) is 9.51. The molecular formula is C17H15Cl3N6O3. The van der Waals surface area contributed by atoms with E-state index in [9.17, 15) is 14.9 Å². The molecule has 0 aliphatic heterocycles. The maximum Gasteiger partial charge on any atom is 0.309 e. The van der Waals surface area contributed by atoms with Crippen molar-refractivity contribution in [2.45, 2.75) is 26.4 Å². The van der Waals surface area contributed by atoms with E-state index < -0.39 is 4.92 Å². The van der Waals surface area contributed by atoms with Crippen molar-refractivity contribution in [3.8, 4) is 0 Å². The van der Waals surface area contributed by atoms with Gasteiger partial charge in [-0.25, -0.2) is 0 Å². The predicted octanol–water partition coefficient (Wildman–Crippen LogP) is 4.33. The molecule has 9 nitrogen and oxygen atoms in total. The summed E-state index contributed by atoms with van der Waals surface area (Å²) in [5.41, 5.74) is 1.16. The number of amides is 1. The highest BCUT2D eigenvalue weighted by atomic mass is 35.5. The van der Waals surface area contributed by atoms with Crippen LogP contribution in [0.3, 0.4) is 0 Å². The Morgan fingerprint density at radius 1 is 1.24 bits per heavy atom. The van der Waals surface area contributed by atoms with Gasteiger partial charge in [0.1, 0.15) is 16.9 Å². The van der Waals surface area contributed by atoms with E-state index in [2.05, 4.69) is 15.5 Å². The first-order chi connectivity index (χ1) is 13.7. The van der Waals surface area contributed by atoms with Crippen LogP contribution in [0.4, 0.5) is 11.5 Å². The molecule has 3 aromatic rings. The van der Waals surface area contributed by atoms with Crippen molar-refractivity contribution in [3.63, 3.8) is 0 Å². The summed E-state index contributed by atoms with van der Waals surface area (Å²) in [6.45, 7) is 2.15. The number of anilines is 1. The molecule has 1 amide bonds. The molecule has 0 saturated carbocycles. The molecule has 2 aromatic heterocycles. The third-order valence-electron chi connectivity index (χ3n) is 4.13. The van der Waals surface area contributed by atoms with Gasteiger partial charge in [0.2, 0.25) is 5.91 Å². The van der Waals surface area contributed by atoms with Crippen molar-refractivity contribution in [3.05, 3.63) is 67.0 Å². The molecule has 0 radical (unpaired) electrons. The summed E-state index contributed by atoms with van der Waals surface area (Å²) in [6, 6.07) is 5.23. The largest absolute Gasteiger partial charge is 0.309 e. The van der Waals surface area contributed by atoms with E-state index in [1.165, 1.54) is 4.68 Å². The van der Waals surface area contributed by atoms with E-state index >= 15 is 0 Å². The van der Waals surface area contributed by atoms with Gasteiger partial charge in [0.05, 0.1) is 28.1 Å². The van der Waals surface area contributed by atoms with Crippen LogP contribution >= 0.6 is 34.8 Å². The fourth-order valence-electron chi connectivity index (χ4n) is 2.63. The van der Waals surface area contributed by atoms with Crippen LogP contribution in [-0.2, 0) is 17.9 Å². The number of hydrogen-bond donors (Lipinski definition) is 1. The van der Waals surface area contributed by atoms with Crippen LogP contribution < -0.4 is 5.32 Å². The minimum atomic E-state index is -0.515. The van der Waals surface area contributed by atoms with Gasteiger partial charge >= 0.3 is 5.69 Å². The zero-order valence-corrected chi connectivity index (χ0v) is 17.4.